The fourth-order valence-corrected chi connectivity index (χ4v) is 5.46. The molecule has 11 heteroatoms. The molecule has 1 aliphatic carbocycles. The zero-order chi connectivity index (χ0) is 27.5. The molecular weight excluding hydrogens is 509 g/mol. The van der Waals surface area contributed by atoms with Gasteiger partial charge in [0.15, 0.2) is 5.82 Å². The lowest BCUT2D eigenvalue weighted by Crippen LogP contribution is -2.21. The molecule has 4 aromatic rings. The average Bonchev–Trinajstić information content (AvgIpc) is 3.15. The lowest BCUT2D eigenvalue weighted by atomic mass is 9.95. The number of nitrogens with zero attached hydrogens (tertiary/aromatic N) is 2. The largest absolute Gasteiger partial charge is 0.508 e. The summed E-state index contributed by atoms with van der Waals surface area (Å²) in [7, 11) is 1.82. The topological polar surface area (TPSA) is 87.4 Å². The third kappa shape index (κ3) is 4.11. The molecule has 0 amide bonds. The third-order valence-electron chi connectivity index (χ3n) is 7.13. The number of fused-ring (bicyclic) bond motifs is 3. The molecule has 3 N–H and O–H groups in total. The summed E-state index contributed by atoms with van der Waals surface area (Å²) in [6.45, 7) is 1.99. The molecule has 1 saturated carbocycles. The molecule has 196 valence electrons. The third-order valence-corrected chi connectivity index (χ3v) is 7.13. The van der Waals surface area contributed by atoms with E-state index in [0.717, 1.165) is 24.0 Å². The highest BCUT2D eigenvalue weighted by molar-refractivity contribution is 6.02. The predicted molar refractivity (Wildman–Crippen MR) is 129 cm³/mol. The molecule has 3 heterocycles. The molecule has 6 rings (SSSR count). The number of benzene rings is 2. The molecule has 1 saturated heterocycles. The van der Waals surface area contributed by atoms with Crippen LogP contribution in [0.4, 0.5) is 22.0 Å². The van der Waals surface area contributed by atoms with Crippen molar-refractivity contribution in [2.75, 3.05) is 13.1 Å². The normalized spacial score (nSPS) is 20.1. The fraction of sp³-hybridized carbons (Fsp3) is 0.259. The number of aromatic hydroxyl groups is 1. The number of piperidine rings is 1. The van der Waals surface area contributed by atoms with E-state index in [1.54, 1.807) is 10.8 Å². The van der Waals surface area contributed by atoms with Crippen molar-refractivity contribution in [3.63, 3.8) is 0 Å². The van der Waals surface area contributed by atoms with E-state index in [4.69, 9.17) is 16.3 Å². The minimum atomic E-state index is -5.08. The first kappa shape index (κ1) is 25.5. The van der Waals surface area contributed by atoms with Crippen molar-refractivity contribution in [2.45, 2.75) is 12.1 Å². The number of carbonyl (C=O) groups is 1. The Morgan fingerprint density at radius 2 is 1.87 bits per heavy atom. The smallest absolute Gasteiger partial charge is 0.490 e. The van der Waals surface area contributed by atoms with Gasteiger partial charge in [0.2, 0.25) is 0 Å². The second-order valence-corrected chi connectivity index (χ2v) is 9.35. The molecule has 38 heavy (non-hydrogen) atoms. The summed E-state index contributed by atoms with van der Waals surface area (Å²) < 4.78 is 63.8. The van der Waals surface area contributed by atoms with Gasteiger partial charge < -0.3 is 20.1 Å². The van der Waals surface area contributed by atoms with Gasteiger partial charge in [0, 0.05) is 35.8 Å². The minimum absolute atomic E-state index is 0.0275. The molecule has 1 aliphatic heterocycles. The van der Waals surface area contributed by atoms with Gasteiger partial charge in [-0.15, -0.1) is 6.42 Å². The van der Waals surface area contributed by atoms with Gasteiger partial charge in [-0.3, -0.25) is 4.98 Å². The highest BCUT2D eigenvalue weighted by Crippen LogP contribution is 2.57. The second-order valence-electron chi connectivity index (χ2n) is 9.35. The van der Waals surface area contributed by atoms with Gasteiger partial charge in [-0.05, 0) is 60.0 Å². The molecular formula is C27H20F5N3O3. The van der Waals surface area contributed by atoms with E-state index >= 15 is 4.39 Å². The Morgan fingerprint density at radius 3 is 2.47 bits per heavy atom. The first-order chi connectivity index (χ1) is 17.9. The summed E-state index contributed by atoms with van der Waals surface area (Å²) in [4.78, 5) is 13.3. The maximum atomic E-state index is 15.9. The molecule has 1 unspecified atom stereocenters. The van der Waals surface area contributed by atoms with Crippen LogP contribution in [-0.4, -0.2) is 45.0 Å². The summed E-state index contributed by atoms with van der Waals surface area (Å²) >= 11 is 0. The Morgan fingerprint density at radius 1 is 1.21 bits per heavy atom. The number of carboxylic acids is 1. The van der Waals surface area contributed by atoms with Crippen molar-refractivity contribution in [2.24, 2.45) is 18.9 Å². The van der Waals surface area contributed by atoms with E-state index in [9.17, 15) is 22.7 Å². The van der Waals surface area contributed by atoms with Crippen molar-refractivity contribution >= 4 is 27.6 Å². The van der Waals surface area contributed by atoms with E-state index in [2.05, 4.69) is 16.2 Å². The van der Waals surface area contributed by atoms with Gasteiger partial charge in [-0.1, -0.05) is 12.0 Å². The molecule has 0 spiro atoms. The van der Waals surface area contributed by atoms with E-state index in [-0.39, 0.29) is 22.6 Å². The number of carboxylic acid groups (broad SMARTS) is 1. The van der Waals surface area contributed by atoms with Crippen molar-refractivity contribution in [1.82, 2.24) is 14.9 Å². The number of nitrogens with one attached hydrogen (secondary N) is 1. The molecule has 3 atom stereocenters. The quantitative estimate of drug-likeness (QED) is 0.253. The lowest BCUT2D eigenvalue weighted by Gasteiger charge is -2.12. The maximum Gasteiger partial charge on any atom is 0.490 e. The van der Waals surface area contributed by atoms with Crippen LogP contribution in [0.5, 0.6) is 5.75 Å². The summed E-state index contributed by atoms with van der Waals surface area (Å²) in [5.74, 6) is 0.103. The first-order valence-electron chi connectivity index (χ1n) is 11.5. The number of halogens is 5. The van der Waals surface area contributed by atoms with Crippen LogP contribution in [-0.2, 0) is 11.8 Å². The van der Waals surface area contributed by atoms with Gasteiger partial charge >= 0.3 is 12.1 Å². The van der Waals surface area contributed by atoms with Crippen LogP contribution in [0.2, 0.25) is 0 Å². The fourth-order valence-electron chi connectivity index (χ4n) is 5.46. The number of alkyl halides is 3. The number of hydrogen-bond acceptors (Lipinski definition) is 4. The maximum absolute atomic E-state index is 15.9. The number of aryl methyl sites for hydroxylation is 1. The van der Waals surface area contributed by atoms with Gasteiger partial charge in [0.05, 0.1) is 11.1 Å². The van der Waals surface area contributed by atoms with E-state index < -0.39 is 23.8 Å². The van der Waals surface area contributed by atoms with Crippen LogP contribution in [0.3, 0.4) is 0 Å². The predicted octanol–water partition coefficient (Wildman–Crippen LogP) is 4.92. The van der Waals surface area contributed by atoms with Gasteiger partial charge in [-0.25, -0.2) is 13.6 Å². The number of rotatable bonds is 2. The zero-order valence-corrected chi connectivity index (χ0v) is 19.8. The Bertz CT molecular complexity index is 1640. The highest BCUT2D eigenvalue weighted by atomic mass is 19.4. The molecule has 6 nitrogen and oxygen atoms in total. The second kappa shape index (κ2) is 8.99. The van der Waals surface area contributed by atoms with Crippen LogP contribution in [0.15, 0.2) is 36.7 Å². The van der Waals surface area contributed by atoms with Crippen molar-refractivity contribution < 1.29 is 37.0 Å². The minimum Gasteiger partial charge on any atom is -0.508 e. The highest BCUT2D eigenvalue weighted by Gasteiger charge is 2.54. The van der Waals surface area contributed by atoms with Crippen LogP contribution in [0.1, 0.15) is 17.0 Å². The average molecular weight is 529 g/mol. The van der Waals surface area contributed by atoms with Gasteiger partial charge in [-0.2, -0.15) is 13.2 Å². The van der Waals surface area contributed by atoms with E-state index in [1.807, 2.05) is 13.2 Å². The number of terminal acetylenes is 1. The number of aromatic nitrogens is 2. The van der Waals surface area contributed by atoms with Crippen molar-refractivity contribution in [1.29, 1.82) is 0 Å². The summed E-state index contributed by atoms with van der Waals surface area (Å²) in [6.07, 6.45) is 4.17. The van der Waals surface area contributed by atoms with Crippen LogP contribution in [0, 0.1) is 35.8 Å². The Kier molecular flexibility index (Phi) is 6.03. The molecule has 2 fully saturated rings. The summed E-state index contributed by atoms with van der Waals surface area (Å²) in [5.41, 5.74) is 1.92. The molecule has 2 aromatic carbocycles. The first-order valence-corrected chi connectivity index (χ1v) is 11.5. The van der Waals surface area contributed by atoms with Crippen molar-refractivity contribution in [3.8, 4) is 29.4 Å². The van der Waals surface area contributed by atoms with Crippen LogP contribution >= 0.6 is 0 Å². The van der Waals surface area contributed by atoms with E-state index in [1.165, 1.54) is 24.3 Å². The Labute approximate surface area is 212 Å². The standard InChI is InChI=1S/C25H19F2N3O.C2HF3O2/c1-3-14-20(26)5-4-12-6-13(31)7-15(21(12)14)24-23(27)25-18(10-29-24)19(11-30(25)2)22-16-8-28-9-17(16)22;3-2(4,5)1(6)7/h1,4-7,10-11,16-17,22,28,31H,8-9H2,2H3;(H,6,7)/t16-,17+,22?;. The number of aliphatic carboxylic acids is 1. The molecule has 0 radical (unpaired) electrons. The molecule has 2 aromatic heterocycles. The number of pyridine rings is 1. The van der Waals surface area contributed by atoms with Gasteiger partial charge in [0.1, 0.15) is 17.3 Å². The summed E-state index contributed by atoms with van der Waals surface area (Å²) in [6, 6.07) is 5.64. The summed E-state index contributed by atoms with van der Waals surface area (Å²) in [5, 5.41) is 22.4. The van der Waals surface area contributed by atoms with Crippen LogP contribution in [0.25, 0.3) is 32.9 Å². The number of phenolic OH excluding ortho intramolecular Hbond substituents is 1. The van der Waals surface area contributed by atoms with Gasteiger partial charge in [0.25, 0.3) is 0 Å². The van der Waals surface area contributed by atoms with E-state index in [0.29, 0.717) is 34.0 Å². The Hall–Kier alpha value is -4.17. The number of phenols is 1. The molecule has 0 bridgehead atoms. The monoisotopic (exact) mass is 529 g/mol. The zero-order valence-electron chi connectivity index (χ0n) is 19.8. The van der Waals surface area contributed by atoms with Crippen LogP contribution < -0.4 is 5.32 Å². The lowest BCUT2D eigenvalue weighted by molar-refractivity contribution is -0.192. The Balaban J connectivity index is 0.000000374. The number of hydrogen-bond donors (Lipinski definition) is 3. The molecule has 2 aliphatic rings. The van der Waals surface area contributed by atoms with Crippen molar-refractivity contribution in [3.05, 3.63) is 59.4 Å². The SMILES string of the molecule is C#Cc1c(F)ccc2cc(O)cc(-c3ncc4c(C5[C@H]6CNC[C@@H]56)cn(C)c4c3F)c12.O=C(O)C(F)(F)F.